The van der Waals surface area contributed by atoms with E-state index >= 15 is 0 Å². The normalized spacial score (nSPS) is 11.8. The first-order valence-electron chi connectivity index (χ1n) is 8.54. The van der Waals surface area contributed by atoms with E-state index in [9.17, 15) is 23.7 Å². The molecule has 0 aliphatic rings. The molecule has 28 heavy (non-hydrogen) atoms. The summed E-state index contributed by atoms with van der Waals surface area (Å²) in [6, 6.07) is 10.6. The number of nitro groups is 1. The van der Waals surface area contributed by atoms with E-state index < -0.39 is 28.9 Å². The van der Waals surface area contributed by atoms with Gasteiger partial charge in [-0.1, -0.05) is 43.7 Å². The monoisotopic (exact) mass is 394 g/mol. The Morgan fingerprint density at radius 1 is 1.21 bits per heavy atom. The number of ether oxygens (including phenoxy) is 2. The van der Waals surface area contributed by atoms with Crippen molar-refractivity contribution in [3.63, 3.8) is 0 Å². The zero-order valence-electron chi connectivity index (χ0n) is 15.4. The molecule has 0 saturated heterocycles. The molecule has 7 nitrogen and oxygen atoms in total. The molecule has 0 bridgehead atoms. The van der Waals surface area contributed by atoms with Crippen LogP contribution in [-0.2, 0) is 0 Å². The molecule has 0 fully saturated rings. The molecule has 2 aromatic rings. The maximum Gasteiger partial charge on any atom is 0.387 e. The van der Waals surface area contributed by atoms with Crippen molar-refractivity contribution in [3.8, 4) is 11.5 Å². The van der Waals surface area contributed by atoms with Crippen LogP contribution in [0.5, 0.6) is 11.5 Å². The van der Waals surface area contributed by atoms with Gasteiger partial charge in [-0.05, 0) is 12.0 Å². The molecule has 0 aliphatic carbocycles. The van der Waals surface area contributed by atoms with Gasteiger partial charge in [-0.3, -0.25) is 14.9 Å². The average Bonchev–Trinajstić information content (AvgIpc) is 2.67. The highest BCUT2D eigenvalue weighted by Crippen LogP contribution is 2.36. The van der Waals surface area contributed by atoms with Crippen LogP contribution >= 0.6 is 0 Å². The fraction of sp³-hybridized carbons (Fsp3) is 0.316. The SMILES string of the molecule is CCCC(NC(=O)c1cc(OC)c(OC(F)F)cc1[N+](=O)[O-])c1ccccc1. The quantitative estimate of drug-likeness (QED) is 0.500. The molecule has 2 rings (SSSR count). The summed E-state index contributed by atoms with van der Waals surface area (Å²) in [4.78, 5) is 23.3. The van der Waals surface area contributed by atoms with E-state index in [1.165, 1.54) is 7.11 Å². The molecular weight excluding hydrogens is 374 g/mol. The summed E-state index contributed by atoms with van der Waals surface area (Å²) in [7, 11) is 1.19. The van der Waals surface area contributed by atoms with Crippen molar-refractivity contribution in [2.45, 2.75) is 32.4 Å². The minimum Gasteiger partial charge on any atom is -0.493 e. The minimum absolute atomic E-state index is 0.206. The molecule has 0 aliphatic heterocycles. The van der Waals surface area contributed by atoms with Crippen LogP contribution in [0.2, 0.25) is 0 Å². The summed E-state index contributed by atoms with van der Waals surface area (Å²) in [5, 5.41) is 14.2. The van der Waals surface area contributed by atoms with Gasteiger partial charge in [0.25, 0.3) is 11.6 Å². The summed E-state index contributed by atoms with van der Waals surface area (Å²) in [6.45, 7) is -1.25. The first-order chi connectivity index (χ1) is 13.4. The molecule has 0 saturated carbocycles. The first kappa shape index (κ1) is 21.1. The van der Waals surface area contributed by atoms with Crippen molar-refractivity contribution in [1.82, 2.24) is 5.32 Å². The summed E-state index contributed by atoms with van der Waals surface area (Å²) < 4.78 is 34.3. The molecule has 1 atom stereocenters. The number of amides is 1. The predicted molar refractivity (Wildman–Crippen MR) is 97.8 cm³/mol. The van der Waals surface area contributed by atoms with E-state index in [-0.39, 0.29) is 17.4 Å². The van der Waals surface area contributed by atoms with Gasteiger partial charge in [0.2, 0.25) is 0 Å². The number of carbonyl (C=O) groups excluding carboxylic acids is 1. The Labute approximate surface area is 160 Å². The molecule has 1 unspecified atom stereocenters. The Bertz CT molecular complexity index is 831. The highest BCUT2D eigenvalue weighted by atomic mass is 19.3. The third kappa shape index (κ3) is 5.15. The van der Waals surface area contributed by atoms with Gasteiger partial charge in [-0.2, -0.15) is 8.78 Å². The van der Waals surface area contributed by atoms with Crippen molar-refractivity contribution in [3.05, 3.63) is 63.7 Å². The molecule has 0 radical (unpaired) electrons. The van der Waals surface area contributed by atoms with E-state index in [1.807, 2.05) is 37.3 Å². The lowest BCUT2D eigenvalue weighted by atomic mass is 10.0. The number of rotatable bonds is 9. The Kier molecular flexibility index (Phi) is 7.25. The first-order valence-corrected chi connectivity index (χ1v) is 8.54. The molecule has 0 heterocycles. The maximum absolute atomic E-state index is 12.8. The van der Waals surface area contributed by atoms with Crippen molar-refractivity contribution >= 4 is 11.6 Å². The number of nitrogens with one attached hydrogen (secondary N) is 1. The van der Waals surface area contributed by atoms with Crippen LogP contribution in [-0.4, -0.2) is 24.6 Å². The smallest absolute Gasteiger partial charge is 0.387 e. The van der Waals surface area contributed by atoms with Gasteiger partial charge in [0.1, 0.15) is 5.56 Å². The largest absolute Gasteiger partial charge is 0.493 e. The van der Waals surface area contributed by atoms with Gasteiger partial charge < -0.3 is 14.8 Å². The molecule has 1 N–H and O–H groups in total. The second kappa shape index (κ2) is 9.63. The van der Waals surface area contributed by atoms with E-state index in [1.54, 1.807) is 0 Å². The van der Waals surface area contributed by atoms with E-state index in [0.29, 0.717) is 6.42 Å². The maximum atomic E-state index is 12.8. The summed E-state index contributed by atoms with van der Waals surface area (Å²) in [5.41, 5.74) is -0.109. The van der Waals surface area contributed by atoms with E-state index in [2.05, 4.69) is 10.1 Å². The molecular formula is C19H20F2N2O5. The summed E-state index contributed by atoms with van der Waals surface area (Å²) in [5.74, 6) is -1.44. The van der Waals surface area contributed by atoms with Gasteiger partial charge >= 0.3 is 6.61 Å². The van der Waals surface area contributed by atoms with Gasteiger partial charge in [-0.15, -0.1) is 0 Å². The van der Waals surface area contributed by atoms with Crippen LogP contribution in [0, 0.1) is 10.1 Å². The van der Waals surface area contributed by atoms with Gasteiger partial charge in [0.15, 0.2) is 11.5 Å². The van der Waals surface area contributed by atoms with Crippen molar-refractivity contribution in [2.24, 2.45) is 0 Å². The van der Waals surface area contributed by atoms with Crippen molar-refractivity contribution < 1.29 is 28.0 Å². The topological polar surface area (TPSA) is 90.7 Å². The standard InChI is InChI=1S/C19H20F2N2O5/c1-3-7-14(12-8-5-4-6-9-12)22-18(24)13-10-16(27-2)17(28-19(20)21)11-15(13)23(25)26/h4-6,8-11,14,19H,3,7H2,1-2H3,(H,22,24). The number of benzene rings is 2. The number of carbonyl (C=O) groups is 1. The number of nitro benzene ring substituents is 1. The Morgan fingerprint density at radius 2 is 1.89 bits per heavy atom. The third-order valence-electron chi connectivity index (χ3n) is 4.02. The van der Waals surface area contributed by atoms with Crippen LogP contribution in [0.25, 0.3) is 0 Å². The molecule has 9 heteroatoms. The fourth-order valence-electron chi connectivity index (χ4n) is 2.76. The number of methoxy groups -OCH3 is 1. The molecule has 1 amide bonds. The van der Waals surface area contributed by atoms with E-state index in [0.717, 1.165) is 24.1 Å². The number of hydrogen-bond donors (Lipinski definition) is 1. The minimum atomic E-state index is -3.19. The lowest BCUT2D eigenvalue weighted by molar-refractivity contribution is -0.385. The predicted octanol–water partition coefficient (Wildman–Crippen LogP) is 4.48. The van der Waals surface area contributed by atoms with Gasteiger partial charge in [-0.25, -0.2) is 0 Å². The lowest BCUT2D eigenvalue weighted by Gasteiger charge is -2.19. The number of halogens is 2. The number of alkyl halides is 2. The molecule has 0 aromatic heterocycles. The van der Waals surface area contributed by atoms with Crippen molar-refractivity contribution in [2.75, 3.05) is 7.11 Å². The third-order valence-corrected chi connectivity index (χ3v) is 4.02. The zero-order valence-corrected chi connectivity index (χ0v) is 15.4. The van der Waals surface area contributed by atoms with Gasteiger partial charge in [0.05, 0.1) is 24.1 Å². The van der Waals surface area contributed by atoms with Crippen LogP contribution in [0.4, 0.5) is 14.5 Å². The summed E-state index contributed by atoms with van der Waals surface area (Å²) >= 11 is 0. The van der Waals surface area contributed by atoms with Crippen LogP contribution in [0.15, 0.2) is 42.5 Å². The van der Waals surface area contributed by atoms with E-state index in [4.69, 9.17) is 4.74 Å². The number of nitrogens with zero attached hydrogens (tertiary/aromatic N) is 1. The zero-order chi connectivity index (χ0) is 20.7. The second-order valence-corrected chi connectivity index (χ2v) is 5.88. The van der Waals surface area contributed by atoms with Crippen molar-refractivity contribution in [1.29, 1.82) is 0 Å². The fourth-order valence-corrected chi connectivity index (χ4v) is 2.76. The Balaban J connectivity index is 2.41. The lowest BCUT2D eigenvalue weighted by Crippen LogP contribution is -2.29. The molecule has 2 aromatic carbocycles. The second-order valence-electron chi connectivity index (χ2n) is 5.88. The highest BCUT2D eigenvalue weighted by Gasteiger charge is 2.27. The Morgan fingerprint density at radius 3 is 2.43 bits per heavy atom. The molecule has 0 spiro atoms. The van der Waals surface area contributed by atoms with Gasteiger partial charge in [0, 0.05) is 6.07 Å². The Hall–Kier alpha value is -3.23. The van der Waals surface area contributed by atoms with Crippen LogP contribution in [0.3, 0.4) is 0 Å². The van der Waals surface area contributed by atoms with Crippen LogP contribution in [0.1, 0.15) is 41.7 Å². The number of hydrogen-bond acceptors (Lipinski definition) is 5. The van der Waals surface area contributed by atoms with Crippen LogP contribution < -0.4 is 14.8 Å². The molecule has 150 valence electrons. The highest BCUT2D eigenvalue weighted by molar-refractivity contribution is 5.99. The average molecular weight is 394 g/mol. The summed E-state index contributed by atoms with van der Waals surface area (Å²) in [6.07, 6.45) is 1.39.